The quantitative estimate of drug-likeness (QED) is 0.146. The maximum absolute atomic E-state index is 15.5. The van der Waals surface area contributed by atoms with Crippen molar-refractivity contribution in [2.45, 2.75) is 255 Å². The van der Waals surface area contributed by atoms with Gasteiger partial charge < -0.3 is 60.0 Å². The second-order valence-corrected chi connectivity index (χ2v) is 31.8. The summed E-state index contributed by atoms with van der Waals surface area (Å²) in [5.41, 5.74) is -2.32. The van der Waals surface area contributed by atoms with Crippen LogP contribution in [0.1, 0.15) is 176 Å². The molecule has 2 unspecified atom stereocenters. The normalized spacial score (nSPS) is 31.8. The molecular formula is C73H114F8N12O12. The van der Waals surface area contributed by atoms with Crippen LogP contribution < -0.4 is 16.0 Å². The van der Waals surface area contributed by atoms with Crippen molar-refractivity contribution in [3.63, 3.8) is 0 Å². The second kappa shape index (κ2) is 36.1. The third-order valence-corrected chi connectivity index (χ3v) is 23.2. The smallest absolute Gasteiger partial charge is 0.347 e. The predicted molar refractivity (Wildman–Crippen MR) is 372 cm³/mol. The molecule has 2 aliphatic heterocycles. The number of hydrogen-bond donors (Lipinski definition) is 3. The fourth-order valence-corrected chi connectivity index (χ4v) is 16.6. The summed E-state index contributed by atoms with van der Waals surface area (Å²) in [7, 11) is 12.0. The molecular weight excluding hydrogens is 1390 g/mol. The fraction of sp³-hybridized carbons (Fsp3) is 0.808. The minimum Gasteiger partial charge on any atom is -0.347 e. The number of fused-ring (bicyclic) bond motifs is 2. The van der Waals surface area contributed by atoms with E-state index in [1.807, 2.05) is 13.8 Å². The molecule has 1 saturated heterocycles. The van der Waals surface area contributed by atoms with Crippen LogP contribution in [0.3, 0.4) is 0 Å². The zero-order valence-corrected chi connectivity index (χ0v) is 63.8. The number of halogens is 8. The summed E-state index contributed by atoms with van der Waals surface area (Å²) < 4.78 is 115. The highest BCUT2D eigenvalue weighted by Crippen LogP contribution is 2.50. The van der Waals surface area contributed by atoms with Crippen LogP contribution in [0.15, 0.2) is 12.2 Å². The molecule has 12 amide bonds. The number of amides is 12. The first-order chi connectivity index (χ1) is 48.8. The van der Waals surface area contributed by atoms with E-state index in [4.69, 9.17) is 0 Å². The number of nitrogens with zero attached hydrogens (tertiary/aromatic N) is 9. The maximum Gasteiger partial charge on any atom is 0.397 e. The van der Waals surface area contributed by atoms with Gasteiger partial charge in [-0.25, -0.2) is 8.78 Å². The summed E-state index contributed by atoms with van der Waals surface area (Å²) in [5.74, 6) is -16.9. The lowest BCUT2D eigenvalue weighted by Gasteiger charge is -2.54. The van der Waals surface area contributed by atoms with Gasteiger partial charge in [-0.1, -0.05) is 72.5 Å². The van der Waals surface area contributed by atoms with E-state index in [-0.39, 0.29) is 77.2 Å². The Bertz CT molecular complexity index is 3140. The van der Waals surface area contributed by atoms with Crippen molar-refractivity contribution < 1.29 is 92.7 Å². The van der Waals surface area contributed by atoms with Crippen LogP contribution in [0.5, 0.6) is 0 Å². The van der Waals surface area contributed by atoms with Crippen LogP contribution in [-0.4, -0.2) is 277 Å². The van der Waals surface area contributed by atoms with Gasteiger partial charge in [0.1, 0.15) is 72.1 Å². The first-order valence-electron chi connectivity index (χ1n) is 37.1. The van der Waals surface area contributed by atoms with Crippen LogP contribution in [0.25, 0.3) is 0 Å². The number of rotatable bonds is 11. The molecule has 11 atom stereocenters. The Hall–Kier alpha value is -7.18. The third kappa shape index (κ3) is 21.2. The molecule has 6 aliphatic rings. The van der Waals surface area contributed by atoms with Gasteiger partial charge in [0.15, 0.2) is 0 Å². The summed E-state index contributed by atoms with van der Waals surface area (Å²) in [6.45, 7) is 8.58. The Morgan fingerprint density at radius 3 is 1.77 bits per heavy atom. The molecule has 0 radical (unpaired) electrons. The number of hydrogen-bond acceptors (Lipinski definition) is 12. The number of likely N-dealkylation sites (N-methyl/N-ethyl adjacent to an activating group) is 8. The van der Waals surface area contributed by atoms with Gasteiger partial charge in [-0.3, -0.25) is 57.5 Å². The first-order valence-corrected chi connectivity index (χ1v) is 37.1. The Morgan fingerprint density at radius 1 is 0.638 bits per heavy atom. The van der Waals surface area contributed by atoms with Crippen molar-refractivity contribution in [3.05, 3.63) is 12.2 Å². The van der Waals surface area contributed by atoms with Crippen molar-refractivity contribution >= 4 is 70.9 Å². The van der Waals surface area contributed by atoms with E-state index in [1.54, 1.807) is 32.9 Å². The highest BCUT2D eigenvalue weighted by molar-refractivity contribution is 6.01. The fourth-order valence-electron chi connectivity index (χ4n) is 16.6. The molecule has 24 nitrogen and oxygen atoms in total. The summed E-state index contributed by atoms with van der Waals surface area (Å²) in [5, 5.41) is 8.28. The molecule has 594 valence electrons. The molecule has 5 fully saturated rings. The minimum atomic E-state index is -5.21. The Balaban J connectivity index is 1.46. The van der Waals surface area contributed by atoms with E-state index in [1.165, 1.54) is 85.1 Å². The van der Waals surface area contributed by atoms with E-state index in [0.717, 1.165) is 29.4 Å². The van der Waals surface area contributed by atoms with Crippen LogP contribution in [0.4, 0.5) is 35.1 Å². The number of nitrogens with one attached hydrogen (secondary N) is 3. The van der Waals surface area contributed by atoms with Gasteiger partial charge in [0.2, 0.25) is 70.9 Å². The SMILES string of the molecule is CCC[C@H]1C(=O)N[C@@H]([C@@H](C)CC)C(=O)N(C)CC(=O)N(C)[C@H]2C/C=C\CCN(C2=O)[C@@H](CC2CCC(C(F)(F)F)CC2)C(=O)N(C)CC(=O)N[C@@H](CCC2CC(F)C(C(F)(F)F)C(F)C2)C(=O)N(C)[C@@H](C)C(=O)NC2(CC(C)(C)C2)C(=O)N(C)[C@@H](C2CCCC2)C(=O)N(C)[C@H](C(=O)N(C)C)CC(=O)N1C. The number of carbonyl (C=O) groups excluding carboxylic acids is 12. The molecule has 2 bridgehead atoms. The molecule has 32 heteroatoms. The summed E-state index contributed by atoms with van der Waals surface area (Å²) in [4.78, 5) is 189. The zero-order valence-electron chi connectivity index (χ0n) is 63.8. The summed E-state index contributed by atoms with van der Waals surface area (Å²) >= 11 is 0. The molecule has 3 N–H and O–H groups in total. The van der Waals surface area contributed by atoms with Crippen LogP contribution >= 0.6 is 0 Å². The predicted octanol–water partition coefficient (Wildman–Crippen LogP) is 6.58. The molecule has 4 aliphatic carbocycles. The van der Waals surface area contributed by atoms with E-state index < -0.39 is 229 Å². The molecule has 0 aromatic rings. The van der Waals surface area contributed by atoms with Gasteiger partial charge >= 0.3 is 12.4 Å². The Labute approximate surface area is 612 Å². The van der Waals surface area contributed by atoms with Gasteiger partial charge in [-0.2, -0.15) is 26.3 Å². The summed E-state index contributed by atoms with van der Waals surface area (Å²) in [6.07, 6.45) is -12.3. The highest BCUT2D eigenvalue weighted by atomic mass is 19.4. The Kier molecular flexibility index (Phi) is 29.9. The van der Waals surface area contributed by atoms with Gasteiger partial charge in [0, 0.05) is 70.0 Å². The number of alkyl halides is 8. The van der Waals surface area contributed by atoms with Crippen molar-refractivity contribution in [2.75, 3.05) is 83.1 Å². The molecule has 4 saturated carbocycles. The van der Waals surface area contributed by atoms with Crippen molar-refractivity contribution in [2.24, 2.45) is 40.9 Å². The lowest BCUT2D eigenvalue weighted by atomic mass is 9.58. The third-order valence-electron chi connectivity index (χ3n) is 23.2. The second-order valence-electron chi connectivity index (χ2n) is 31.8. The molecule has 0 aromatic carbocycles. The molecule has 105 heavy (non-hydrogen) atoms. The van der Waals surface area contributed by atoms with Gasteiger partial charge in [-0.05, 0) is 139 Å². The van der Waals surface area contributed by atoms with Gasteiger partial charge in [0.25, 0.3) is 0 Å². The molecule has 0 aromatic heterocycles. The maximum atomic E-state index is 15.5. The summed E-state index contributed by atoms with van der Waals surface area (Å²) in [6, 6.07) is -11.4. The average molecular weight is 1500 g/mol. The molecule has 6 rings (SSSR count). The lowest BCUT2D eigenvalue weighted by molar-refractivity contribution is -0.219. The highest BCUT2D eigenvalue weighted by Gasteiger charge is 2.59. The van der Waals surface area contributed by atoms with E-state index in [2.05, 4.69) is 16.0 Å². The van der Waals surface area contributed by atoms with Gasteiger partial charge in [-0.15, -0.1) is 0 Å². The van der Waals surface area contributed by atoms with Crippen LogP contribution in [-0.2, 0) is 57.5 Å². The lowest BCUT2D eigenvalue weighted by Crippen LogP contribution is -2.71. The monoisotopic (exact) mass is 1500 g/mol. The average Bonchev–Trinajstić information content (AvgIpc) is 1.06. The first kappa shape index (κ1) is 86.7. The van der Waals surface area contributed by atoms with Crippen LogP contribution in [0, 0.1) is 40.9 Å². The number of carbonyl (C=O) groups is 12. The van der Waals surface area contributed by atoms with Crippen LogP contribution in [0.2, 0.25) is 0 Å². The van der Waals surface area contributed by atoms with E-state index in [9.17, 15) is 59.9 Å². The zero-order chi connectivity index (χ0) is 78.9. The topological polar surface area (TPSA) is 270 Å². The van der Waals surface area contributed by atoms with Crippen molar-refractivity contribution in [3.8, 4) is 0 Å². The van der Waals surface area contributed by atoms with E-state index >= 15 is 32.8 Å². The van der Waals surface area contributed by atoms with Crippen molar-refractivity contribution in [1.29, 1.82) is 0 Å². The Morgan fingerprint density at radius 2 is 1.23 bits per heavy atom. The van der Waals surface area contributed by atoms with Gasteiger partial charge in [0.05, 0.1) is 25.4 Å². The van der Waals surface area contributed by atoms with E-state index in [0.29, 0.717) is 38.5 Å². The largest absolute Gasteiger partial charge is 0.397 e. The standard InChI is InChI=1S/C73H114F8N12O12/c1-16-23-51-62(98)83-59(42(3)17-2)67(103)87(10)39-57(96)90(13)52-26-19-18-22-33-93(66(52)102)54(36-44-27-30-47(31-28-44)72(76,77)78)65(101)86(9)38-55(94)82-50(32-29-45-34-48(74)58(49(75)35-45)73(79,80)81)63(99)88(11)43(4)61(97)84-71(40-70(5,6)41-71)69(105)92(15)60(46-24-20-21-25-46)68(104)91(14)53(64(100)85(7)8)37-56(95)89(51)12/h18-19,42-54,58-60H,16-17,20-41H2,1-15H3,(H,82,94)(H,83,98)(H,84,97)/b19-18-/t42-,43-,44?,45?,47?,48?,49?,50-,51-,52-,53-,54-,58?,59-,60-/m0/s1. The minimum absolute atomic E-state index is 0.00194. The molecule has 2 heterocycles. The molecule has 1 spiro atoms. The van der Waals surface area contributed by atoms with Crippen molar-refractivity contribution in [1.82, 2.24) is 60.0 Å².